The molecular weight excluding hydrogens is 306 g/mol. The van der Waals surface area contributed by atoms with Crippen molar-refractivity contribution in [2.75, 3.05) is 19.5 Å². The van der Waals surface area contributed by atoms with E-state index in [4.69, 9.17) is 25.6 Å². The Kier molecular flexibility index (Phi) is 4.11. The maximum Gasteiger partial charge on any atom is 0.248 e. The van der Waals surface area contributed by atoms with Gasteiger partial charge in [0.2, 0.25) is 5.89 Å². The van der Waals surface area contributed by atoms with Crippen molar-refractivity contribution in [2.24, 2.45) is 0 Å². The summed E-state index contributed by atoms with van der Waals surface area (Å²) in [7, 11) is 3.16. The number of ether oxygens (including phenoxy) is 2. The van der Waals surface area contributed by atoms with Gasteiger partial charge in [0, 0.05) is 12.0 Å². The van der Waals surface area contributed by atoms with Gasteiger partial charge in [0.1, 0.15) is 17.5 Å². The zero-order chi connectivity index (χ0) is 15.7. The van der Waals surface area contributed by atoms with Crippen molar-refractivity contribution >= 4 is 17.3 Å². The van der Waals surface area contributed by atoms with Crippen LogP contribution < -0.4 is 14.8 Å². The Morgan fingerprint density at radius 1 is 1.27 bits per heavy atom. The Labute approximate surface area is 133 Å². The van der Waals surface area contributed by atoms with Crippen LogP contribution in [-0.4, -0.2) is 24.4 Å². The van der Waals surface area contributed by atoms with Gasteiger partial charge in [-0.3, -0.25) is 0 Å². The molecule has 118 valence electrons. The van der Waals surface area contributed by atoms with Crippen LogP contribution in [0.15, 0.2) is 16.7 Å². The van der Waals surface area contributed by atoms with Crippen LogP contribution in [-0.2, 0) is 0 Å². The number of hydrogen-bond donors (Lipinski definition) is 1. The Bertz CT molecular complexity index is 670. The summed E-state index contributed by atoms with van der Waals surface area (Å²) in [4.78, 5) is 4.44. The molecule has 1 fully saturated rings. The van der Waals surface area contributed by atoms with Gasteiger partial charge in [-0.15, -0.1) is 0 Å². The molecule has 0 spiro atoms. The van der Waals surface area contributed by atoms with Crippen LogP contribution in [0.2, 0.25) is 5.02 Å². The zero-order valence-electron chi connectivity index (χ0n) is 12.7. The summed E-state index contributed by atoms with van der Waals surface area (Å²) in [5.41, 5.74) is 0.743. The Balaban J connectivity index is 1.79. The van der Waals surface area contributed by atoms with Gasteiger partial charge in [0.05, 0.1) is 24.9 Å². The quantitative estimate of drug-likeness (QED) is 0.872. The zero-order valence-corrected chi connectivity index (χ0v) is 13.5. The highest BCUT2D eigenvalue weighted by atomic mass is 35.5. The normalized spacial score (nSPS) is 15.5. The fourth-order valence-electron chi connectivity index (χ4n) is 2.20. The Morgan fingerprint density at radius 3 is 2.64 bits per heavy atom. The van der Waals surface area contributed by atoms with Crippen molar-refractivity contribution in [1.29, 1.82) is 0 Å². The number of nitrogens with zero attached hydrogens (tertiary/aromatic N) is 2. The lowest BCUT2D eigenvalue weighted by atomic mass is 10.2. The van der Waals surface area contributed by atoms with Crippen molar-refractivity contribution in [2.45, 2.75) is 31.7 Å². The molecule has 6 nitrogen and oxygen atoms in total. The summed E-state index contributed by atoms with van der Waals surface area (Å²) in [5, 5.41) is 7.81. The molecule has 0 radical (unpaired) electrons. The largest absolute Gasteiger partial charge is 0.495 e. The van der Waals surface area contributed by atoms with Gasteiger partial charge in [-0.1, -0.05) is 16.8 Å². The molecule has 1 aliphatic carbocycles. The predicted molar refractivity (Wildman–Crippen MR) is 82.9 cm³/mol. The molecular formula is C15H18ClN3O3. The van der Waals surface area contributed by atoms with Crippen LogP contribution in [0.5, 0.6) is 11.5 Å². The number of benzene rings is 1. The molecule has 22 heavy (non-hydrogen) atoms. The predicted octanol–water partition coefficient (Wildman–Crippen LogP) is 3.79. The first-order valence-electron chi connectivity index (χ1n) is 7.14. The Morgan fingerprint density at radius 2 is 2.00 bits per heavy atom. The SMILES string of the molecule is COc1cc(OC)c(N[C@H](C)c2nc(C3CC3)no2)cc1Cl. The number of hydrogen-bond acceptors (Lipinski definition) is 6. The third-order valence-electron chi connectivity index (χ3n) is 3.62. The number of nitrogens with one attached hydrogen (secondary N) is 1. The minimum Gasteiger partial charge on any atom is -0.495 e. The van der Waals surface area contributed by atoms with E-state index >= 15 is 0 Å². The molecule has 1 saturated carbocycles. The highest BCUT2D eigenvalue weighted by Gasteiger charge is 2.29. The van der Waals surface area contributed by atoms with E-state index in [1.54, 1.807) is 26.4 Å². The topological polar surface area (TPSA) is 69.4 Å². The van der Waals surface area contributed by atoms with E-state index in [2.05, 4.69) is 15.5 Å². The molecule has 1 N–H and O–H groups in total. The molecule has 1 aromatic heterocycles. The van der Waals surface area contributed by atoms with Crippen molar-refractivity contribution in [3.63, 3.8) is 0 Å². The molecule has 2 aromatic rings. The fraction of sp³-hybridized carbons (Fsp3) is 0.467. The molecule has 7 heteroatoms. The number of halogens is 1. The molecule has 1 atom stereocenters. The van der Waals surface area contributed by atoms with Crippen LogP contribution in [0.4, 0.5) is 5.69 Å². The van der Waals surface area contributed by atoms with Crippen LogP contribution >= 0.6 is 11.6 Å². The minimum absolute atomic E-state index is 0.154. The summed E-state index contributed by atoms with van der Waals surface area (Å²) >= 11 is 6.17. The highest BCUT2D eigenvalue weighted by Crippen LogP contribution is 2.39. The molecule has 1 heterocycles. The Hall–Kier alpha value is -1.95. The van der Waals surface area contributed by atoms with E-state index in [-0.39, 0.29) is 6.04 Å². The molecule has 0 bridgehead atoms. The summed E-state index contributed by atoms with van der Waals surface area (Å²) < 4.78 is 15.9. The van der Waals surface area contributed by atoms with Gasteiger partial charge >= 0.3 is 0 Å². The maximum atomic E-state index is 6.17. The van der Waals surface area contributed by atoms with Crippen LogP contribution in [0.1, 0.15) is 43.4 Å². The summed E-state index contributed by atoms with van der Waals surface area (Å²) in [5.74, 6) is 3.01. The second-order valence-corrected chi connectivity index (χ2v) is 5.73. The lowest BCUT2D eigenvalue weighted by Gasteiger charge is -2.16. The molecule has 1 aromatic carbocycles. The minimum atomic E-state index is -0.154. The lowest BCUT2D eigenvalue weighted by Crippen LogP contribution is -2.08. The molecule has 0 saturated heterocycles. The molecule has 0 amide bonds. The van der Waals surface area contributed by atoms with Gasteiger partial charge in [0.15, 0.2) is 5.82 Å². The van der Waals surface area contributed by atoms with Crippen LogP contribution in [0, 0.1) is 0 Å². The average Bonchev–Trinajstić information content (AvgIpc) is 3.24. The van der Waals surface area contributed by atoms with Gasteiger partial charge in [-0.05, 0) is 25.8 Å². The standard InChI is InChI=1S/C15H18ClN3O3/c1-8(15-18-14(19-22-15)9-4-5-9)17-11-6-10(16)12(20-2)7-13(11)21-3/h6-9,17H,4-5H2,1-3H3/t8-/m1/s1. The van der Waals surface area contributed by atoms with Gasteiger partial charge in [-0.25, -0.2) is 0 Å². The highest BCUT2D eigenvalue weighted by molar-refractivity contribution is 6.32. The van der Waals surface area contributed by atoms with Gasteiger partial charge < -0.3 is 19.3 Å². The van der Waals surface area contributed by atoms with E-state index in [9.17, 15) is 0 Å². The number of rotatable bonds is 6. The first kappa shape index (κ1) is 15.0. The van der Waals surface area contributed by atoms with E-state index in [0.29, 0.717) is 28.3 Å². The molecule has 0 unspecified atom stereocenters. The number of anilines is 1. The molecule has 0 aliphatic heterocycles. The maximum absolute atomic E-state index is 6.17. The third-order valence-corrected chi connectivity index (χ3v) is 3.91. The first-order chi connectivity index (χ1) is 10.6. The van der Waals surface area contributed by atoms with Gasteiger partial charge in [0.25, 0.3) is 0 Å². The third kappa shape index (κ3) is 2.97. The summed E-state index contributed by atoms with van der Waals surface area (Å²) in [6.45, 7) is 1.95. The van der Waals surface area contributed by atoms with Crippen LogP contribution in [0.25, 0.3) is 0 Å². The van der Waals surface area contributed by atoms with E-state index < -0.39 is 0 Å². The second-order valence-electron chi connectivity index (χ2n) is 5.32. The van der Waals surface area contributed by atoms with Crippen molar-refractivity contribution in [3.8, 4) is 11.5 Å². The average molecular weight is 324 g/mol. The summed E-state index contributed by atoms with van der Waals surface area (Å²) in [6, 6.07) is 3.34. The number of aromatic nitrogens is 2. The van der Waals surface area contributed by atoms with Gasteiger partial charge in [-0.2, -0.15) is 4.98 Å². The number of methoxy groups -OCH3 is 2. The fourth-order valence-corrected chi connectivity index (χ4v) is 2.44. The van der Waals surface area contributed by atoms with Crippen molar-refractivity contribution < 1.29 is 14.0 Å². The molecule has 3 rings (SSSR count). The monoisotopic (exact) mass is 323 g/mol. The van der Waals surface area contributed by atoms with E-state index in [1.165, 1.54) is 0 Å². The van der Waals surface area contributed by atoms with E-state index in [1.807, 2.05) is 6.92 Å². The van der Waals surface area contributed by atoms with Crippen molar-refractivity contribution in [1.82, 2.24) is 10.1 Å². The first-order valence-corrected chi connectivity index (χ1v) is 7.51. The summed E-state index contributed by atoms with van der Waals surface area (Å²) in [6.07, 6.45) is 2.28. The smallest absolute Gasteiger partial charge is 0.248 e. The molecule has 1 aliphatic rings. The second kappa shape index (κ2) is 6.04. The van der Waals surface area contributed by atoms with E-state index in [0.717, 1.165) is 24.4 Å². The lowest BCUT2D eigenvalue weighted by molar-refractivity contribution is 0.362. The van der Waals surface area contributed by atoms with Crippen molar-refractivity contribution in [3.05, 3.63) is 28.9 Å². The van der Waals surface area contributed by atoms with Crippen LogP contribution in [0.3, 0.4) is 0 Å².